The van der Waals surface area contributed by atoms with Crippen molar-refractivity contribution in [2.75, 3.05) is 39.0 Å². The molecule has 0 atom stereocenters. The molecule has 100 valence electrons. The molecule has 5 nitrogen and oxygen atoms in total. The van der Waals surface area contributed by atoms with Crippen LogP contribution in [0.5, 0.6) is 0 Å². The molecule has 0 saturated heterocycles. The van der Waals surface area contributed by atoms with E-state index in [1.54, 1.807) is 12.3 Å². The lowest BCUT2D eigenvalue weighted by Gasteiger charge is -2.11. The van der Waals surface area contributed by atoms with E-state index in [1.807, 2.05) is 27.1 Å². The van der Waals surface area contributed by atoms with Crippen molar-refractivity contribution in [3.63, 3.8) is 0 Å². The maximum Gasteiger partial charge on any atom is 0.252 e. The van der Waals surface area contributed by atoms with Gasteiger partial charge in [-0.3, -0.25) is 4.79 Å². The van der Waals surface area contributed by atoms with Gasteiger partial charge in [0.2, 0.25) is 0 Å². The first-order valence-corrected chi connectivity index (χ1v) is 6.26. The van der Waals surface area contributed by atoms with Crippen LogP contribution >= 0.6 is 0 Å². The largest absolute Gasteiger partial charge is 0.369 e. The van der Waals surface area contributed by atoms with E-state index < -0.39 is 0 Å². The molecule has 1 rings (SSSR count). The first kappa shape index (κ1) is 14.4. The Morgan fingerprint density at radius 2 is 2.11 bits per heavy atom. The molecule has 1 heterocycles. The Balaban J connectivity index is 2.44. The van der Waals surface area contributed by atoms with Crippen molar-refractivity contribution < 1.29 is 4.79 Å². The zero-order valence-corrected chi connectivity index (χ0v) is 11.4. The Labute approximate surface area is 109 Å². The van der Waals surface area contributed by atoms with Crippen LogP contribution in [0.3, 0.4) is 0 Å². The third kappa shape index (κ3) is 5.14. The van der Waals surface area contributed by atoms with Crippen molar-refractivity contribution in [3.05, 3.63) is 23.9 Å². The van der Waals surface area contributed by atoms with E-state index in [4.69, 9.17) is 0 Å². The second-order valence-electron chi connectivity index (χ2n) is 4.42. The van der Waals surface area contributed by atoms with E-state index in [0.717, 1.165) is 25.3 Å². The molecule has 0 bridgehead atoms. The van der Waals surface area contributed by atoms with Gasteiger partial charge < -0.3 is 15.5 Å². The Morgan fingerprint density at radius 1 is 1.33 bits per heavy atom. The van der Waals surface area contributed by atoms with Crippen molar-refractivity contribution in [1.82, 2.24) is 15.2 Å². The van der Waals surface area contributed by atoms with Crippen molar-refractivity contribution in [2.24, 2.45) is 0 Å². The molecule has 2 N–H and O–H groups in total. The van der Waals surface area contributed by atoms with Gasteiger partial charge in [0.15, 0.2) is 0 Å². The van der Waals surface area contributed by atoms with Crippen molar-refractivity contribution in [2.45, 2.75) is 13.3 Å². The number of aromatic nitrogens is 1. The summed E-state index contributed by atoms with van der Waals surface area (Å²) < 4.78 is 0. The van der Waals surface area contributed by atoms with Crippen LogP contribution in [0.1, 0.15) is 23.7 Å². The topological polar surface area (TPSA) is 57.3 Å². The van der Waals surface area contributed by atoms with Crippen molar-refractivity contribution in [1.29, 1.82) is 0 Å². The summed E-state index contributed by atoms with van der Waals surface area (Å²) >= 11 is 0. The monoisotopic (exact) mass is 250 g/mol. The van der Waals surface area contributed by atoms with Gasteiger partial charge in [-0.05, 0) is 32.6 Å². The van der Waals surface area contributed by atoms with Crippen molar-refractivity contribution >= 4 is 11.7 Å². The maximum absolute atomic E-state index is 11.6. The maximum atomic E-state index is 11.6. The number of anilines is 1. The van der Waals surface area contributed by atoms with Gasteiger partial charge in [-0.15, -0.1) is 0 Å². The second kappa shape index (κ2) is 7.66. The number of rotatable bonds is 7. The highest BCUT2D eigenvalue weighted by molar-refractivity contribution is 5.93. The van der Waals surface area contributed by atoms with Gasteiger partial charge in [0, 0.05) is 25.8 Å². The van der Waals surface area contributed by atoms with Crippen LogP contribution in [0.4, 0.5) is 5.82 Å². The molecule has 1 amide bonds. The summed E-state index contributed by atoms with van der Waals surface area (Å²) in [4.78, 5) is 18.0. The van der Waals surface area contributed by atoms with Gasteiger partial charge in [0.05, 0.1) is 5.56 Å². The molecule has 18 heavy (non-hydrogen) atoms. The minimum Gasteiger partial charge on any atom is -0.369 e. The first-order valence-electron chi connectivity index (χ1n) is 6.26. The highest BCUT2D eigenvalue weighted by atomic mass is 16.1. The number of pyridine rings is 1. The second-order valence-corrected chi connectivity index (χ2v) is 4.42. The van der Waals surface area contributed by atoms with Gasteiger partial charge >= 0.3 is 0 Å². The Hall–Kier alpha value is -1.62. The standard InChI is InChI=1S/C13H22N4O/c1-4-7-15-13(18)11-5-6-12(16-10-11)14-8-9-17(2)3/h5-6,10H,4,7-9H2,1-3H3,(H,14,16)(H,15,18). The average molecular weight is 250 g/mol. The first-order chi connectivity index (χ1) is 8.63. The Kier molecular flexibility index (Phi) is 6.14. The summed E-state index contributed by atoms with van der Waals surface area (Å²) in [6.07, 6.45) is 2.53. The molecular weight excluding hydrogens is 228 g/mol. The average Bonchev–Trinajstić information content (AvgIpc) is 2.36. The van der Waals surface area contributed by atoms with Crippen LogP contribution in [0.2, 0.25) is 0 Å². The summed E-state index contributed by atoms with van der Waals surface area (Å²) in [5, 5.41) is 6.02. The van der Waals surface area contributed by atoms with E-state index >= 15 is 0 Å². The molecule has 1 aromatic rings. The number of amides is 1. The Bertz CT molecular complexity index is 362. The molecule has 5 heteroatoms. The predicted molar refractivity (Wildman–Crippen MR) is 73.9 cm³/mol. The minimum atomic E-state index is -0.0656. The number of nitrogens with one attached hydrogen (secondary N) is 2. The lowest BCUT2D eigenvalue weighted by atomic mass is 10.2. The number of carbonyl (C=O) groups is 1. The molecule has 0 unspecified atom stereocenters. The molecule has 0 radical (unpaired) electrons. The fraction of sp³-hybridized carbons (Fsp3) is 0.538. The molecule has 0 aromatic carbocycles. The van der Waals surface area contributed by atoms with Gasteiger partial charge in [-0.2, -0.15) is 0 Å². The number of hydrogen-bond acceptors (Lipinski definition) is 4. The molecular formula is C13H22N4O. The number of carbonyl (C=O) groups excluding carboxylic acids is 1. The number of nitrogens with zero attached hydrogens (tertiary/aromatic N) is 2. The Morgan fingerprint density at radius 3 is 2.67 bits per heavy atom. The van der Waals surface area contributed by atoms with Crippen LogP contribution in [-0.2, 0) is 0 Å². The highest BCUT2D eigenvalue weighted by Gasteiger charge is 2.04. The summed E-state index contributed by atoms with van der Waals surface area (Å²) in [6.45, 7) is 4.50. The summed E-state index contributed by atoms with van der Waals surface area (Å²) in [5.74, 6) is 0.730. The summed E-state index contributed by atoms with van der Waals surface area (Å²) in [6, 6.07) is 3.62. The van der Waals surface area contributed by atoms with Crippen molar-refractivity contribution in [3.8, 4) is 0 Å². The predicted octanol–water partition coefficient (Wildman–Crippen LogP) is 1.19. The van der Waals surface area contributed by atoms with Crippen LogP contribution in [0, 0.1) is 0 Å². The number of likely N-dealkylation sites (N-methyl/N-ethyl adjacent to an activating group) is 1. The highest BCUT2D eigenvalue weighted by Crippen LogP contribution is 2.04. The fourth-order valence-corrected chi connectivity index (χ4v) is 1.38. The molecule has 0 aliphatic carbocycles. The normalized spacial score (nSPS) is 10.4. The van der Waals surface area contributed by atoms with Gasteiger partial charge in [0.25, 0.3) is 5.91 Å². The fourth-order valence-electron chi connectivity index (χ4n) is 1.38. The van der Waals surface area contributed by atoms with E-state index in [1.165, 1.54) is 0 Å². The van der Waals surface area contributed by atoms with Crippen LogP contribution in [-0.4, -0.2) is 49.5 Å². The van der Waals surface area contributed by atoms with Gasteiger partial charge in [-0.25, -0.2) is 4.98 Å². The molecule has 0 aliphatic heterocycles. The third-order valence-corrected chi connectivity index (χ3v) is 2.43. The van der Waals surface area contributed by atoms with E-state index in [9.17, 15) is 4.79 Å². The smallest absolute Gasteiger partial charge is 0.252 e. The van der Waals surface area contributed by atoms with E-state index in [0.29, 0.717) is 12.1 Å². The van der Waals surface area contributed by atoms with Crippen LogP contribution < -0.4 is 10.6 Å². The SMILES string of the molecule is CCCNC(=O)c1ccc(NCCN(C)C)nc1. The lowest BCUT2D eigenvalue weighted by molar-refractivity contribution is 0.0953. The lowest BCUT2D eigenvalue weighted by Crippen LogP contribution is -2.24. The zero-order chi connectivity index (χ0) is 13.4. The molecule has 0 aliphatic rings. The molecule has 0 fully saturated rings. The zero-order valence-electron chi connectivity index (χ0n) is 11.4. The van der Waals surface area contributed by atoms with Gasteiger partial charge in [-0.1, -0.05) is 6.92 Å². The van der Waals surface area contributed by atoms with Crippen LogP contribution in [0.25, 0.3) is 0 Å². The molecule has 1 aromatic heterocycles. The number of hydrogen-bond donors (Lipinski definition) is 2. The van der Waals surface area contributed by atoms with Gasteiger partial charge in [0.1, 0.15) is 5.82 Å². The van der Waals surface area contributed by atoms with Crippen LogP contribution in [0.15, 0.2) is 18.3 Å². The summed E-state index contributed by atoms with van der Waals surface area (Å²) in [7, 11) is 4.05. The van der Waals surface area contributed by atoms with E-state index in [-0.39, 0.29) is 5.91 Å². The molecule has 0 spiro atoms. The summed E-state index contributed by atoms with van der Waals surface area (Å²) in [5.41, 5.74) is 0.599. The minimum absolute atomic E-state index is 0.0656. The van der Waals surface area contributed by atoms with E-state index in [2.05, 4.69) is 20.5 Å². The quantitative estimate of drug-likeness (QED) is 0.763. The molecule has 0 saturated carbocycles. The third-order valence-electron chi connectivity index (χ3n) is 2.43.